The molecule has 8 rings (SSSR count). The maximum absolute atomic E-state index is 6.55. The number of hydrogen-bond donors (Lipinski definition) is 1. The zero-order valence-electron chi connectivity index (χ0n) is 24.6. The van der Waals surface area contributed by atoms with E-state index in [0.717, 1.165) is 56.7 Å². The SMILES string of the molecule is CCc1cccc2cccc(N3CCc4c(nc(OCC56CCCN5CCC6)nc4NC4CCc5ncsc5C4)C3)c12. The lowest BCUT2D eigenvalue weighted by atomic mass is 9.95. The van der Waals surface area contributed by atoms with E-state index in [2.05, 4.69) is 63.4 Å². The van der Waals surface area contributed by atoms with Crippen LogP contribution < -0.4 is 15.0 Å². The maximum Gasteiger partial charge on any atom is 0.318 e. The minimum Gasteiger partial charge on any atom is -0.461 e. The van der Waals surface area contributed by atoms with Crippen molar-refractivity contribution in [2.24, 2.45) is 0 Å². The summed E-state index contributed by atoms with van der Waals surface area (Å²) in [5, 5.41) is 6.56. The van der Waals surface area contributed by atoms with E-state index in [1.165, 1.54) is 76.9 Å². The second kappa shape index (κ2) is 10.8. The molecule has 218 valence electrons. The zero-order chi connectivity index (χ0) is 28.1. The summed E-state index contributed by atoms with van der Waals surface area (Å²) in [7, 11) is 0. The average Bonchev–Trinajstić information content (AvgIpc) is 3.75. The van der Waals surface area contributed by atoms with Gasteiger partial charge in [-0.3, -0.25) is 4.90 Å². The van der Waals surface area contributed by atoms with Crippen molar-refractivity contribution in [1.29, 1.82) is 0 Å². The summed E-state index contributed by atoms with van der Waals surface area (Å²) < 4.78 is 6.55. The van der Waals surface area contributed by atoms with Crippen molar-refractivity contribution in [3.8, 4) is 6.01 Å². The minimum atomic E-state index is 0.171. The number of anilines is 2. The molecule has 4 aliphatic rings. The van der Waals surface area contributed by atoms with Gasteiger partial charge >= 0.3 is 6.01 Å². The first kappa shape index (κ1) is 26.4. The van der Waals surface area contributed by atoms with E-state index in [9.17, 15) is 0 Å². The summed E-state index contributed by atoms with van der Waals surface area (Å²) >= 11 is 1.78. The van der Waals surface area contributed by atoms with Crippen LogP contribution in [0.2, 0.25) is 0 Å². The molecule has 2 fully saturated rings. The molecule has 4 aromatic rings. The number of ether oxygens (including phenoxy) is 1. The molecule has 1 unspecified atom stereocenters. The Morgan fingerprint density at radius 2 is 1.88 bits per heavy atom. The van der Waals surface area contributed by atoms with E-state index >= 15 is 0 Å². The molecule has 1 atom stereocenters. The van der Waals surface area contributed by atoms with Gasteiger partial charge in [0.15, 0.2) is 0 Å². The molecule has 3 aliphatic heterocycles. The summed E-state index contributed by atoms with van der Waals surface area (Å²) in [5.41, 5.74) is 8.51. The molecular formula is C34H40N6OS. The Bertz CT molecular complexity index is 1600. The second-order valence-electron chi connectivity index (χ2n) is 12.6. The Hall–Kier alpha value is -3.23. The average molecular weight is 581 g/mol. The smallest absolute Gasteiger partial charge is 0.318 e. The van der Waals surface area contributed by atoms with Crippen molar-refractivity contribution in [3.05, 3.63) is 69.3 Å². The molecule has 2 aromatic heterocycles. The third kappa shape index (κ3) is 4.63. The van der Waals surface area contributed by atoms with E-state index in [4.69, 9.17) is 14.7 Å². The normalized spacial score (nSPS) is 21.3. The predicted octanol–water partition coefficient (Wildman–Crippen LogP) is 6.19. The van der Waals surface area contributed by atoms with Gasteiger partial charge in [0.05, 0.1) is 29.0 Å². The van der Waals surface area contributed by atoms with Gasteiger partial charge in [-0.05, 0) is 81.5 Å². The third-order valence-corrected chi connectivity index (χ3v) is 11.1. The Morgan fingerprint density at radius 3 is 2.74 bits per heavy atom. The number of nitrogens with one attached hydrogen (secondary N) is 1. The van der Waals surface area contributed by atoms with Gasteiger partial charge in [-0.15, -0.1) is 11.3 Å². The fraction of sp³-hybridized carbons (Fsp3) is 0.500. The van der Waals surface area contributed by atoms with Crippen LogP contribution in [0.5, 0.6) is 6.01 Å². The van der Waals surface area contributed by atoms with E-state index < -0.39 is 0 Å². The highest BCUT2D eigenvalue weighted by molar-refractivity contribution is 7.09. The number of aromatic nitrogens is 3. The number of aryl methyl sites for hydroxylation is 2. The number of benzene rings is 2. The number of thiazole rings is 1. The molecule has 7 nitrogen and oxygen atoms in total. The molecular weight excluding hydrogens is 540 g/mol. The molecule has 2 saturated heterocycles. The van der Waals surface area contributed by atoms with Crippen LogP contribution in [0.25, 0.3) is 10.8 Å². The van der Waals surface area contributed by atoms with Crippen molar-refractivity contribution < 1.29 is 4.74 Å². The highest BCUT2D eigenvalue weighted by Gasteiger charge is 2.45. The first-order chi connectivity index (χ1) is 20.7. The van der Waals surface area contributed by atoms with Crippen molar-refractivity contribution in [1.82, 2.24) is 19.9 Å². The van der Waals surface area contributed by atoms with Gasteiger partial charge in [-0.1, -0.05) is 37.3 Å². The molecule has 0 spiro atoms. The van der Waals surface area contributed by atoms with Crippen molar-refractivity contribution in [3.63, 3.8) is 0 Å². The first-order valence-corrected chi connectivity index (χ1v) is 16.8. The third-order valence-electron chi connectivity index (χ3n) is 10.2. The molecule has 8 heteroatoms. The Morgan fingerprint density at radius 1 is 1.02 bits per heavy atom. The monoisotopic (exact) mass is 580 g/mol. The van der Waals surface area contributed by atoms with Crippen LogP contribution in [0.4, 0.5) is 11.5 Å². The molecule has 1 aliphatic carbocycles. The van der Waals surface area contributed by atoms with Crippen LogP contribution >= 0.6 is 11.3 Å². The summed E-state index contributed by atoms with van der Waals surface area (Å²) in [6.07, 6.45) is 10.0. The van der Waals surface area contributed by atoms with E-state index in [0.29, 0.717) is 18.7 Å². The summed E-state index contributed by atoms with van der Waals surface area (Å²) in [5.74, 6) is 0.979. The van der Waals surface area contributed by atoms with Gasteiger partial charge in [-0.2, -0.15) is 9.97 Å². The number of fused-ring (bicyclic) bond motifs is 4. The summed E-state index contributed by atoms with van der Waals surface area (Å²) in [4.78, 5) is 21.4. The molecule has 0 amide bonds. The van der Waals surface area contributed by atoms with Gasteiger partial charge in [0, 0.05) is 40.5 Å². The van der Waals surface area contributed by atoms with Gasteiger partial charge < -0.3 is 15.0 Å². The van der Waals surface area contributed by atoms with Gasteiger partial charge in [0.25, 0.3) is 0 Å². The highest BCUT2D eigenvalue weighted by Crippen LogP contribution is 2.40. The largest absolute Gasteiger partial charge is 0.461 e. The van der Waals surface area contributed by atoms with Crippen LogP contribution in [0.15, 0.2) is 41.9 Å². The number of nitrogens with zero attached hydrogens (tertiary/aromatic N) is 5. The van der Waals surface area contributed by atoms with Crippen LogP contribution in [0.3, 0.4) is 0 Å². The van der Waals surface area contributed by atoms with Crippen molar-refractivity contribution in [2.75, 3.05) is 36.5 Å². The highest BCUT2D eigenvalue weighted by atomic mass is 32.1. The fourth-order valence-corrected chi connectivity index (χ4v) is 8.93. The first-order valence-electron chi connectivity index (χ1n) is 15.9. The van der Waals surface area contributed by atoms with E-state index in [1.54, 1.807) is 11.3 Å². The Labute approximate surface area is 252 Å². The topological polar surface area (TPSA) is 66.4 Å². The maximum atomic E-state index is 6.55. The Balaban J connectivity index is 1.12. The molecule has 5 heterocycles. The van der Waals surface area contributed by atoms with Crippen molar-refractivity contribution in [2.45, 2.75) is 82.8 Å². The van der Waals surface area contributed by atoms with Gasteiger partial charge in [0.1, 0.15) is 12.4 Å². The molecule has 0 radical (unpaired) electrons. The lowest BCUT2D eigenvalue weighted by molar-refractivity contribution is 0.107. The Kier molecular flexibility index (Phi) is 6.79. The van der Waals surface area contributed by atoms with Crippen molar-refractivity contribution >= 4 is 33.6 Å². The van der Waals surface area contributed by atoms with Gasteiger partial charge in [0.2, 0.25) is 0 Å². The lowest BCUT2D eigenvalue weighted by Gasteiger charge is -2.34. The molecule has 1 N–H and O–H groups in total. The summed E-state index contributed by atoms with van der Waals surface area (Å²) in [6, 6.07) is 14.3. The minimum absolute atomic E-state index is 0.171. The lowest BCUT2D eigenvalue weighted by Crippen LogP contribution is -2.43. The summed E-state index contributed by atoms with van der Waals surface area (Å²) in [6.45, 7) is 7.04. The standard InChI is InChI=1S/C34H40N6OS/c1-2-23-7-3-8-24-9-4-10-29(31(23)24)39-18-13-26-28(20-39)37-33(41-21-34-14-5-16-40(34)17-6-15-34)38-32(26)36-25-11-12-27-30(19-25)42-22-35-27/h3-4,7-10,22,25H,2,5-6,11-21H2,1H3,(H,36,37,38). The fourth-order valence-electron chi connectivity index (χ4n) is 8.03. The predicted molar refractivity (Wildman–Crippen MR) is 170 cm³/mol. The van der Waals surface area contributed by atoms with Crippen LogP contribution in [-0.4, -0.2) is 57.7 Å². The number of rotatable bonds is 7. The van der Waals surface area contributed by atoms with Gasteiger partial charge in [-0.25, -0.2) is 4.98 Å². The van der Waals surface area contributed by atoms with E-state index in [1.807, 2.05) is 5.51 Å². The van der Waals surface area contributed by atoms with E-state index in [-0.39, 0.29) is 5.54 Å². The molecule has 42 heavy (non-hydrogen) atoms. The van der Waals surface area contributed by atoms with Crippen LogP contribution in [0.1, 0.15) is 66.4 Å². The van der Waals surface area contributed by atoms with Crippen LogP contribution in [0, 0.1) is 0 Å². The number of hydrogen-bond acceptors (Lipinski definition) is 8. The second-order valence-corrected chi connectivity index (χ2v) is 13.6. The zero-order valence-corrected chi connectivity index (χ0v) is 25.4. The molecule has 0 bridgehead atoms. The molecule has 0 saturated carbocycles. The van der Waals surface area contributed by atoms with Crippen LogP contribution in [-0.2, 0) is 32.2 Å². The quantitative estimate of drug-likeness (QED) is 0.280. The molecule has 2 aromatic carbocycles.